The number of carbonyl (C=O) groups excluding carboxylic acids is 3. The van der Waals surface area contributed by atoms with E-state index in [0.29, 0.717) is 21.6 Å². The van der Waals surface area contributed by atoms with Gasteiger partial charge >= 0.3 is 5.97 Å². The zero-order chi connectivity index (χ0) is 25.3. The van der Waals surface area contributed by atoms with Gasteiger partial charge < -0.3 is 9.47 Å². The van der Waals surface area contributed by atoms with Crippen LogP contribution in [0.4, 0.5) is 5.00 Å². The average Bonchev–Trinajstić information content (AvgIpc) is 3.33. The number of hydrogen-bond donors (Lipinski definition) is 1. The molecular weight excluding hydrogens is 492 g/mol. The van der Waals surface area contributed by atoms with Crippen molar-refractivity contribution in [2.45, 2.75) is 25.3 Å². The van der Waals surface area contributed by atoms with Crippen LogP contribution in [0, 0.1) is 6.92 Å². The monoisotopic (exact) mass is 514 g/mol. The van der Waals surface area contributed by atoms with Gasteiger partial charge in [-0.3, -0.25) is 19.2 Å². The molecule has 0 radical (unpaired) electrons. The Morgan fingerprint density at radius 2 is 1.71 bits per heavy atom. The SMILES string of the molecule is CCOC(=O)c1cc(CN2C(=O)c3ccccc3C2=O)sc1NS(=O)(=O)c1cc(C)ccc1OC. The maximum absolute atomic E-state index is 13.2. The van der Waals surface area contributed by atoms with Gasteiger partial charge in [0.1, 0.15) is 15.6 Å². The third-order valence-corrected chi connectivity index (χ3v) is 7.84. The normalized spacial score (nSPS) is 13.1. The number of carbonyl (C=O) groups is 3. The lowest BCUT2D eigenvalue weighted by Crippen LogP contribution is -2.28. The molecule has 182 valence electrons. The highest BCUT2D eigenvalue weighted by molar-refractivity contribution is 7.93. The molecule has 0 fully saturated rings. The van der Waals surface area contributed by atoms with Crippen LogP contribution in [0.15, 0.2) is 53.4 Å². The molecule has 0 saturated heterocycles. The minimum absolute atomic E-state index is 0.0126. The van der Waals surface area contributed by atoms with Crippen molar-refractivity contribution in [1.29, 1.82) is 0 Å². The fraction of sp³-hybridized carbons (Fsp3) is 0.208. The van der Waals surface area contributed by atoms with E-state index in [-0.39, 0.29) is 34.4 Å². The number of esters is 1. The van der Waals surface area contributed by atoms with E-state index in [9.17, 15) is 22.8 Å². The van der Waals surface area contributed by atoms with Gasteiger partial charge in [0.2, 0.25) is 0 Å². The fourth-order valence-electron chi connectivity index (χ4n) is 3.67. The van der Waals surface area contributed by atoms with Crippen LogP contribution in [0.25, 0.3) is 0 Å². The van der Waals surface area contributed by atoms with E-state index in [4.69, 9.17) is 9.47 Å². The van der Waals surface area contributed by atoms with E-state index in [0.717, 1.165) is 16.2 Å². The molecule has 11 heteroatoms. The van der Waals surface area contributed by atoms with Crippen molar-refractivity contribution in [3.05, 3.63) is 75.7 Å². The van der Waals surface area contributed by atoms with Crippen LogP contribution >= 0.6 is 11.3 Å². The molecule has 0 saturated carbocycles. The molecule has 0 atom stereocenters. The van der Waals surface area contributed by atoms with Gasteiger partial charge in [0.25, 0.3) is 21.8 Å². The summed E-state index contributed by atoms with van der Waals surface area (Å²) in [5.74, 6) is -1.50. The lowest BCUT2D eigenvalue weighted by Gasteiger charge is -2.13. The number of ether oxygens (including phenoxy) is 2. The highest BCUT2D eigenvalue weighted by Crippen LogP contribution is 2.35. The first kappa shape index (κ1) is 24.4. The summed E-state index contributed by atoms with van der Waals surface area (Å²) < 4.78 is 39.2. The smallest absolute Gasteiger partial charge is 0.341 e. The van der Waals surface area contributed by atoms with E-state index >= 15 is 0 Å². The Morgan fingerprint density at radius 1 is 1.06 bits per heavy atom. The Kier molecular flexibility index (Phi) is 6.64. The van der Waals surface area contributed by atoms with Crippen LogP contribution < -0.4 is 9.46 Å². The summed E-state index contributed by atoms with van der Waals surface area (Å²) in [4.78, 5) is 39.5. The van der Waals surface area contributed by atoms with E-state index in [1.54, 1.807) is 44.2 Å². The van der Waals surface area contributed by atoms with Crippen molar-refractivity contribution in [2.24, 2.45) is 0 Å². The fourth-order valence-corrected chi connectivity index (χ4v) is 6.27. The minimum atomic E-state index is -4.15. The zero-order valence-electron chi connectivity index (χ0n) is 19.2. The van der Waals surface area contributed by atoms with E-state index in [1.807, 2.05) is 0 Å². The van der Waals surface area contributed by atoms with E-state index in [1.165, 1.54) is 25.3 Å². The molecule has 2 aromatic carbocycles. The molecule has 1 N–H and O–H groups in total. The molecule has 0 spiro atoms. The Labute approximate surface area is 206 Å². The first-order valence-corrected chi connectivity index (χ1v) is 12.9. The van der Waals surface area contributed by atoms with Gasteiger partial charge in [0.05, 0.1) is 37.0 Å². The molecule has 35 heavy (non-hydrogen) atoms. The van der Waals surface area contributed by atoms with Gasteiger partial charge in [0, 0.05) is 4.88 Å². The Balaban J connectivity index is 1.69. The molecule has 0 bridgehead atoms. The second-order valence-electron chi connectivity index (χ2n) is 7.68. The third kappa shape index (κ3) is 4.64. The molecule has 1 aliphatic rings. The highest BCUT2D eigenvalue weighted by atomic mass is 32.2. The van der Waals surface area contributed by atoms with Crippen LogP contribution in [-0.4, -0.2) is 44.8 Å². The summed E-state index contributed by atoms with van der Waals surface area (Å²) in [5.41, 5.74) is 1.28. The first-order valence-electron chi connectivity index (χ1n) is 10.6. The predicted molar refractivity (Wildman–Crippen MR) is 129 cm³/mol. The van der Waals surface area contributed by atoms with Crippen molar-refractivity contribution in [3.8, 4) is 5.75 Å². The second kappa shape index (κ2) is 9.51. The molecule has 9 nitrogen and oxygen atoms in total. The first-order chi connectivity index (χ1) is 16.7. The number of imide groups is 1. The maximum Gasteiger partial charge on any atom is 0.341 e. The number of nitrogens with one attached hydrogen (secondary N) is 1. The van der Waals surface area contributed by atoms with Crippen molar-refractivity contribution < 1.29 is 32.3 Å². The molecular formula is C24H22N2O7S2. The Hall–Kier alpha value is -3.70. The number of amides is 2. The lowest BCUT2D eigenvalue weighted by molar-refractivity contribution is 0.0527. The average molecular weight is 515 g/mol. The standard InChI is InChI=1S/C24H22N2O7S2/c1-4-33-24(29)18-12-15(13-26-22(27)16-7-5-6-8-17(16)23(26)28)34-21(18)25-35(30,31)20-11-14(2)9-10-19(20)32-3/h5-12,25H,4,13H2,1-3H3. The zero-order valence-corrected chi connectivity index (χ0v) is 20.8. The summed E-state index contributed by atoms with van der Waals surface area (Å²) >= 11 is 0.944. The molecule has 3 aromatic rings. The topological polar surface area (TPSA) is 119 Å². The Bertz CT molecular complexity index is 1410. The van der Waals surface area contributed by atoms with Crippen LogP contribution in [0.5, 0.6) is 5.75 Å². The van der Waals surface area contributed by atoms with Gasteiger partial charge in [-0.2, -0.15) is 0 Å². The number of nitrogens with zero attached hydrogens (tertiary/aromatic N) is 1. The van der Waals surface area contributed by atoms with Gasteiger partial charge in [-0.1, -0.05) is 18.2 Å². The molecule has 1 aliphatic heterocycles. The number of fused-ring (bicyclic) bond motifs is 1. The van der Waals surface area contributed by atoms with Gasteiger partial charge in [-0.05, 0) is 49.7 Å². The maximum atomic E-state index is 13.2. The summed E-state index contributed by atoms with van der Waals surface area (Å²) in [6, 6.07) is 12.6. The molecule has 0 unspecified atom stereocenters. The minimum Gasteiger partial charge on any atom is -0.495 e. The molecule has 1 aromatic heterocycles. The van der Waals surface area contributed by atoms with E-state index < -0.39 is 27.8 Å². The van der Waals surface area contributed by atoms with Crippen molar-refractivity contribution >= 4 is 44.1 Å². The number of thiophene rings is 1. The summed E-state index contributed by atoms with van der Waals surface area (Å²) in [6.07, 6.45) is 0. The molecule has 4 rings (SSSR count). The van der Waals surface area contributed by atoms with Crippen LogP contribution in [0.3, 0.4) is 0 Å². The summed E-state index contributed by atoms with van der Waals surface area (Å²) in [6.45, 7) is 3.33. The van der Waals surface area contributed by atoms with Crippen molar-refractivity contribution in [3.63, 3.8) is 0 Å². The van der Waals surface area contributed by atoms with Gasteiger partial charge in [-0.15, -0.1) is 11.3 Å². The van der Waals surface area contributed by atoms with Crippen LogP contribution in [0.2, 0.25) is 0 Å². The number of sulfonamides is 1. The highest BCUT2D eigenvalue weighted by Gasteiger charge is 2.36. The van der Waals surface area contributed by atoms with Crippen LogP contribution in [0.1, 0.15) is 48.4 Å². The number of aryl methyl sites for hydroxylation is 1. The summed E-state index contributed by atoms with van der Waals surface area (Å²) in [5, 5.41) is 0.0126. The van der Waals surface area contributed by atoms with Crippen molar-refractivity contribution in [1.82, 2.24) is 4.90 Å². The lowest BCUT2D eigenvalue weighted by atomic mass is 10.1. The predicted octanol–water partition coefficient (Wildman–Crippen LogP) is 3.84. The molecule has 0 aliphatic carbocycles. The van der Waals surface area contributed by atoms with Gasteiger partial charge in [0.15, 0.2) is 0 Å². The number of rotatable bonds is 8. The van der Waals surface area contributed by atoms with E-state index in [2.05, 4.69) is 4.72 Å². The summed E-state index contributed by atoms with van der Waals surface area (Å²) in [7, 11) is -2.79. The third-order valence-electron chi connectivity index (χ3n) is 5.31. The Morgan fingerprint density at radius 3 is 2.31 bits per heavy atom. The molecule has 2 heterocycles. The second-order valence-corrected chi connectivity index (χ2v) is 10.5. The quantitative estimate of drug-likeness (QED) is 0.358. The molecule has 2 amide bonds. The number of methoxy groups -OCH3 is 1. The number of anilines is 1. The van der Waals surface area contributed by atoms with Crippen molar-refractivity contribution in [2.75, 3.05) is 18.4 Å². The number of benzene rings is 2. The van der Waals surface area contributed by atoms with Gasteiger partial charge in [-0.25, -0.2) is 13.2 Å². The largest absolute Gasteiger partial charge is 0.495 e. The van der Waals surface area contributed by atoms with Crippen LogP contribution in [-0.2, 0) is 21.3 Å². The number of hydrogen-bond acceptors (Lipinski definition) is 8.